The molecule has 1 aliphatic carbocycles. The van der Waals surface area contributed by atoms with Crippen LogP contribution in [0.1, 0.15) is 47.7 Å². The Bertz CT molecular complexity index is 1120. The smallest absolute Gasteiger partial charge is 0.382 e. The summed E-state index contributed by atoms with van der Waals surface area (Å²) in [6, 6.07) is 7.71. The molecule has 5 nitrogen and oxygen atoms in total. The average molecular weight is 430 g/mol. The minimum absolute atomic E-state index is 0.0645. The fourth-order valence-electron chi connectivity index (χ4n) is 3.53. The Hall–Kier alpha value is -3.03. The van der Waals surface area contributed by atoms with E-state index < -0.39 is 12.6 Å². The predicted molar refractivity (Wildman–Crippen MR) is 114 cm³/mol. The van der Waals surface area contributed by atoms with Crippen LogP contribution < -0.4 is 10.6 Å². The van der Waals surface area contributed by atoms with E-state index in [2.05, 4.69) is 15.6 Å². The van der Waals surface area contributed by atoms with Gasteiger partial charge in [0.1, 0.15) is 0 Å². The number of hydrogen-bond donors (Lipinski definition) is 2. The van der Waals surface area contributed by atoms with E-state index in [4.69, 9.17) is 0 Å². The molecule has 31 heavy (non-hydrogen) atoms. The van der Waals surface area contributed by atoms with E-state index in [1.54, 1.807) is 6.07 Å². The summed E-state index contributed by atoms with van der Waals surface area (Å²) in [6.07, 6.45) is 1.49. The van der Waals surface area contributed by atoms with Crippen molar-refractivity contribution in [3.63, 3.8) is 0 Å². The molecule has 164 valence electrons. The number of carbonyl (C=O) groups is 1. The van der Waals surface area contributed by atoms with Gasteiger partial charge >= 0.3 is 6.18 Å². The number of aromatic nitrogens is 2. The molecule has 1 aromatic carbocycles. The Morgan fingerprint density at radius 1 is 1.23 bits per heavy atom. The lowest BCUT2D eigenvalue weighted by Gasteiger charge is -2.11. The molecule has 0 radical (unpaired) electrons. The van der Waals surface area contributed by atoms with Crippen molar-refractivity contribution in [2.75, 3.05) is 11.9 Å². The summed E-state index contributed by atoms with van der Waals surface area (Å²) in [5.41, 5.74) is 5.18. The summed E-state index contributed by atoms with van der Waals surface area (Å²) in [5, 5.41) is 5.88. The molecule has 1 aliphatic rings. The van der Waals surface area contributed by atoms with Crippen LogP contribution in [0.2, 0.25) is 0 Å². The van der Waals surface area contributed by atoms with Gasteiger partial charge in [-0.15, -0.1) is 0 Å². The second kappa shape index (κ2) is 8.24. The predicted octanol–water partition coefficient (Wildman–Crippen LogP) is 5.13. The molecule has 2 aromatic heterocycles. The molecular formula is C23H25F3N4O. The fraction of sp³-hybridized carbons (Fsp3) is 0.391. The maximum atomic E-state index is 12.6. The number of fused-ring (bicyclic) bond motifs is 1. The van der Waals surface area contributed by atoms with Crippen LogP contribution in [-0.4, -0.2) is 34.1 Å². The number of imidazole rings is 1. The SMILES string of the molecule is CCc1cc(NCCC(F)(F)F)c2nc(-c3ccc(C(=O)NC4CC4)c(C)c3)cn2c1. The number of pyridine rings is 1. The molecule has 1 amide bonds. The molecule has 1 fully saturated rings. The van der Waals surface area contributed by atoms with E-state index in [-0.39, 0.29) is 12.5 Å². The first-order valence-electron chi connectivity index (χ1n) is 10.5. The molecule has 0 unspecified atom stereocenters. The van der Waals surface area contributed by atoms with Crippen molar-refractivity contribution in [2.45, 2.75) is 51.7 Å². The standard InChI is InChI=1S/C23H25F3N4O/c1-3-15-11-19(27-9-8-23(24,25)26)21-29-20(13-30(21)12-15)16-4-7-18(14(2)10-16)22(31)28-17-5-6-17/h4,7,10-13,17,27H,3,5-6,8-9H2,1-2H3,(H,28,31). The van der Waals surface area contributed by atoms with Crippen molar-refractivity contribution in [3.8, 4) is 11.3 Å². The highest BCUT2D eigenvalue weighted by atomic mass is 19.4. The maximum Gasteiger partial charge on any atom is 0.390 e. The van der Waals surface area contributed by atoms with Crippen LogP contribution in [0.25, 0.3) is 16.9 Å². The summed E-state index contributed by atoms with van der Waals surface area (Å²) in [7, 11) is 0. The van der Waals surface area contributed by atoms with Crippen LogP contribution in [-0.2, 0) is 6.42 Å². The molecule has 0 spiro atoms. The van der Waals surface area contributed by atoms with Gasteiger partial charge in [-0.1, -0.05) is 13.0 Å². The van der Waals surface area contributed by atoms with Crippen molar-refractivity contribution in [1.29, 1.82) is 0 Å². The van der Waals surface area contributed by atoms with Gasteiger partial charge in [0.05, 0.1) is 17.8 Å². The Morgan fingerprint density at radius 2 is 2.00 bits per heavy atom. The zero-order valence-electron chi connectivity index (χ0n) is 17.5. The average Bonchev–Trinajstić information content (AvgIpc) is 3.41. The Kier molecular flexibility index (Phi) is 5.64. The van der Waals surface area contributed by atoms with Gasteiger partial charge < -0.3 is 15.0 Å². The molecule has 1 saturated carbocycles. The first-order valence-corrected chi connectivity index (χ1v) is 10.5. The number of benzene rings is 1. The van der Waals surface area contributed by atoms with Gasteiger partial charge in [-0.3, -0.25) is 4.79 Å². The zero-order valence-corrected chi connectivity index (χ0v) is 17.5. The van der Waals surface area contributed by atoms with Crippen molar-refractivity contribution in [1.82, 2.24) is 14.7 Å². The molecule has 0 atom stereocenters. The highest BCUT2D eigenvalue weighted by Gasteiger charge is 2.26. The van der Waals surface area contributed by atoms with Gasteiger partial charge in [0.15, 0.2) is 5.65 Å². The third kappa shape index (κ3) is 5.00. The minimum Gasteiger partial charge on any atom is -0.382 e. The normalized spacial score (nSPS) is 14.1. The molecule has 0 aliphatic heterocycles. The largest absolute Gasteiger partial charge is 0.390 e. The number of carbonyl (C=O) groups excluding carboxylic acids is 1. The third-order valence-corrected chi connectivity index (χ3v) is 5.42. The van der Waals surface area contributed by atoms with Gasteiger partial charge in [0, 0.05) is 36.1 Å². The number of nitrogens with one attached hydrogen (secondary N) is 2. The molecule has 2 N–H and O–H groups in total. The van der Waals surface area contributed by atoms with Crippen molar-refractivity contribution in [2.24, 2.45) is 0 Å². The summed E-state index contributed by atoms with van der Waals surface area (Å²) in [6.45, 7) is 3.67. The second-order valence-electron chi connectivity index (χ2n) is 8.04. The van der Waals surface area contributed by atoms with Crippen LogP contribution >= 0.6 is 0 Å². The van der Waals surface area contributed by atoms with Crippen LogP contribution in [0.3, 0.4) is 0 Å². The quantitative estimate of drug-likeness (QED) is 0.546. The molecule has 3 aromatic rings. The van der Waals surface area contributed by atoms with E-state index in [0.29, 0.717) is 28.6 Å². The summed E-state index contributed by atoms with van der Waals surface area (Å²) < 4.78 is 39.5. The van der Waals surface area contributed by atoms with Crippen molar-refractivity contribution >= 4 is 17.2 Å². The first kappa shape index (κ1) is 21.2. The second-order valence-corrected chi connectivity index (χ2v) is 8.04. The third-order valence-electron chi connectivity index (χ3n) is 5.42. The van der Waals surface area contributed by atoms with Crippen LogP contribution in [0, 0.1) is 6.92 Å². The van der Waals surface area contributed by atoms with Crippen molar-refractivity contribution in [3.05, 3.63) is 53.3 Å². The lowest BCUT2D eigenvalue weighted by molar-refractivity contribution is -0.131. The molecular weight excluding hydrogens is 405 g/mol. The van der Waals surface area contributed by atoms with Gasteiger partial charge in [-0.25, -0.2) is 4.98 Å². The minimum atomic E-state index is -4.21. The van der Waals surface area contributed by atoms with Crippen LogP contribution in [0.4, 0.5) is 18.9 Å². The van der Waals surface area contributed by atoms with Gasteiger partial charge in [-0.05, 0) is 55.5 Å². The Morgan fingerprint density at radius 3 is 2.65 bits per heavy atom. The van der Waals surface area contributed by atoms with Gasteiger partial charge in [0.25, 0.3) is 5.91 Å². The highest BCUT2D eigenvalue weighted by Crippen LogP contribution is 2.28. The number of nitrogens with zero attached hydrogens (tertiary/aromatic N) is 2. The van der Waals surface area contributed by atoms with Gasteiger partial charge in [-0.2, -0.15) is 13.2 Å². The molecule has 4 rings (SSSR count). The zero-order chi connectivity index (χ0) is 22.2. The van der Waals surface area contributed by atoms with E-state index in [9.17, 15) is 18.0 Å². The van der Waals surface area contributed by atoms with Gasteiger partial charge in [0.2, 0.25) is 0 Å². The fourth-order valence-corrected chi connectivity index (χ4v) is 3.53. The summed E-state index contributed by atoms with van der Waals surface area (Å²) >= 11 is 0. The number of aryl methyl sites for hydroxylation is 2. The number of hydrogen-bond acceptors (Lipinski definition) is 3. The molecule has 0 bridgehead atoms. The number of amides is 1. The highest BCUT2D eigenvalue weighted by molar-refractivity contribution is 5.96. The number of rotatable bonds is 7. The van der Waals surface area contributed by atoms with E-state index in [0.717, 1.165) is 36.0 Å². The van der Waals surface area contributed by atoms with E-state index >= 15 is 0 Å². The van der Waals surface area contributed by atoms with Crippen LogP contribution in [0.15, 0.2) is 36.7 Å². The van der Waals surface area contributed by atoms with E-state index in [1.807, 2.05) is 48.8 Å². The Labute approximate surface area is 178 Å². The maximum absolute atomic E-state index is 12.6. The number of alkyl halides is 3. The molecule has 0 saturated heterocycles. The lowest BCUT2D eigenvalue weighted by atomic mass is 10.0. The topological polar surface area (TPSA) is 58.4 Å². The number of anilines is 1. The molecule has 2 heterocycles. The monoisotopic (exact) mass is 430 g/mol. The Balaban J connectivity index is 1.62. The van der Waals surface area contributed by atoms with Crippen LogP contribution in [0.5, 0.6) is 0 Å². The number of halogens is 3. The summed E-state index contributed by atoms with van der Waals surface area (Å²) in [5.74, 6) is -0.0645. The molecule has 8 heteroatoms. The summed E-state index contributed by atoms with van der Waals surface area (Å²) in [4.78, 5) is 17.0. The lowest BCUT2D eigenvalue weighted by Crippen LogP contribution is -2.26. The van der Waals surface area contributed by atoms with E-state index in [1.165, 1.54) is 0 Å². The van der Waals surface area contributed by atoms with Crippen molar-refractivity contribution < 1.29 is 18.0 Å². The first-order chi connectivity index (χ1) is 14.7.